The fraction of sp³-hybridized carbons (Fsp3) is 0.875. The van der Waals surface area contributed by atoms with Crippen LogP contribution in [0, 0.1) is 0 Å². The molecule has 1 atom stereocenters. The third-order valence-corrected chi connectivity index (χ3v) is 2.00. The number of hydrogen-bond acceptors (Lipinski definition) is 3. The molecule has 0 aromatic carbocycles. The van der Waals surface area contributed by atoms with Gasteiger partial charge in [0, 0.05) is 26.6 Å². The zero-order chi connectivity index (χ0) is 8.97. The minimum absolute atomic E-state index is 0.0101. The summed E-state index contributed by atoms with van der Waals surface area (Å²) in [6, 6.07) is 0. The van der Waals surface area contributed by atoms with Gasteiger partial charge in [0.1, 0.15) is 0 Å². The van der Waals surface area contributed by atoms with Crippen molar-refractivity contribution < 1.29 is 14.6 Å². The Morgan fingerprint density at radius 3 is 3.08 bits per heavy atom. The molecule has 0 aliphatic carbocycles. The SMILES string of the molecule is CC(=O)N1CCCOC(CO)C1. The first kappa shape index (κ1) is 9.48. The van der Waals surface area contributed by atoms with Gasteiger partial charge in [0.25, 0.3) is 0 Å². The second-order valence-electron chi connectivity index (χ2n) is 2.99. The van der Waals surface area contributed by atoms with Crippen LogP contribution in [-0.4, -0.2) is 48.3 Å². The Morgan fingerprint density at radius 1 is 1.75 bits per heavy atom. The van der Waals surface area contributed by atoms with Crippen LogP contribution in [0.1, 0.15) is 13.3 Å². The summed E-state index contributed by atoms with van der Waals surface area (Å²) in [5.74, 6) is 0.0546. The summed E-state index contributed by atoms with van der Waals surface area (Å²) < 4.78 is 5.29. The van der Waals surface area contributed by atoms with Crippen molar-refractivity contribution in [1.29, 1.82) is 0 Å². The summed E-state index contributed by atoms with van der Waals surface area (Å²) in [6.07, 6.45) is 0.659. The van der Waals surface area contributed by atoms with Crippen molar-refractivity contribution >= 4 is 5.91 Å². The molecule has 1 rings (SSSR count). The molecule has 1 aliphatic heterocycles. The first-order valence-electron chi connectivity index (χ1n) is 4.22. The molecule has 1 N–H and O–H groups in total. The number of carbonyl (C=O) groups is 1. The summed E-state index contributed by atoms with van der Waals surface area (Å²) >= 11 is 0. The number of hydrogen-bond donors (Lipinski definition) is 1. The standard InChI is InChI=1S/C8H15NO3/c1-7(11)9-3-2-4-12-8(5-9)6-10/h8,10H,2-6H2,1H3. The van der Waals surface area contributed by atoms with Crippen molar-refractivity contribution in [1.82, 2.24) is 4.90 Å². The first-order chi connectivity index (χ1) is 5.74. The zero-order valence-electron chi connectivity index (χ0n) is 7.32. The van der Waals surface area contributed by atoms with Gasteiger partial charge in [0.05, 0.1) is 12.7 Å². The fourth-order valence-corrected chi connectivity index (χ4v) is 1.29. The Kier molecular flexibility index (Phi) is 3.49. The van der Waals surface area contributed by atoms with E-state index in [1.165, 1.54) is 0 Å². The van der Waals surface area contributed by atoms with Gasteiger partial charge >= 0.3 is 0 Å². The number of nitrogens with zero attached hydrogens (tertiary/aromatic N) is 1. The normalized spacial score (nSPS) is 25.2. The molecule has 1 aliphatic rings. The highest BCUT2D eigenvalue weighted by Crippen LogP contribution is 2.05. The summed E-state index contributed by atoms with van der Waals surface area (Å²) in [4.78, 5) is 12.7. The molecule has 12 heavy (non-hydrogen) atoms. The van der Waals surface area contributed by atoms with E-state index in [-0.39, 0.29) is 18.6 Å². The third kappa shape index (κ3) is 2.46. The maximum atomic E-state index is 11.0. The van der Waals surface area contributed by atoms with Crippen LogP contribution in [0.4, 0.5) is 0 Å². The Balaban J connectivity index is 2.47. The predicted octanol–water partition coefficient (Wildman–Crippen LogP) is -0.384. The molecule has 1 heterocycles. The van der Waals surface area contributed by atoms with Crippen LogP contribution in [0.3, 0.4) is 0 Å². The first-order valence-corrected chi connectivity index (χ1v) is 4.22. The molecular weight excluding hydrogens is 158 g/mol. The van der Waals surface area contributed by atoms with E-state index in [1.54, 1.807) is 11.8 Å². The van der Waals surface area contributed by atoms with Gasteiger partial charge in [-0.15, -0.1) is 0 Å². The lowest BCUT2D eigenvalue weighted by atomic mass is 10.3. The summed E-state index contributed by atoms with van der Waals surface area (Å²) in [7, 11) is 0. The van der Waals surface area contributed by atoms with E-state index in [1.807, 2.05) is 0 Å². The molecule has 0 bridgehead atoms. The highest BCUT2D eigenvalue weighted by atomic mass is 16.5. The molecular formula is C8H15NO3. The lowest BCUT2D eigenvalue weighted by Crippen LogP contribution is -2.36. The predicted molar refractivity (Wildman–Crippen MR) is 43.7 cm³/mol. The molecule has 1 unspecified atom stereocenters. The van der Waals surface area contributed by atoms with Crippen LogP contribution >= 0.6 is 0 Å². The number of rotatable bonds is 1. The van der Waals surface area contributed by atoms with Gasteiger partial charge in [0.15, 0.2) is 0 Å². The van der Waals surface area contributed by atoms with Crippen LogP contribution < -0.4 is 0 Å². The third-order valence-electron chi connectivity index (χ3n) is 2.00. The van der Waals surface area contributed by atoms with Gasteiger partial charge < -0.3 is 14.7 Å². The molecule has 4 nitrogen and oxygen atoms in total. The van der Waals surface area contributed by atoms with E-state index >= 15 is 0 Å². The van der Waals surface area contributed by atoms with Gasteiger partial charge in [0.2, 0.25) is 5.91 Å². The monoisotopic (exact) mass is 173 g/mol. The van der Waals surface area contributed by atoms with Crippen LogP contribution in [-0.2, 0) is 9.53 Å². The maximum absolute atomic E-state index is 11.0. The Hall–Kier alpha value is -0.610. The van der Waals surface area contributed by atoms with Gasteiger partial charge in [-0.25, -0.2) is 0 Å². The van der Waals surface area contributed by atoms with Crippen molar-refractivity contribution in [2.45, 2.75) is 19.4 Å². The van der Waals surface area contributed by atoms with Crippen LogP contribution in [0.5, 0.6) is 0 Å². The summed E-state index contributed by atoms with van der Waals surface area (Å²) in [5, 5.41) is 8.85. The van der Waals surface area contributed by atoms with E-state index < -0.39 is 0 Å². The molecule has 4 heteroatoms. The average Bonchev–Trinajstić information content (AvgIpc) is 2.28. The number of carbonyl (C=O) groups excluding carboxylic acids is 1. The van der Waals surface area contributed by atoms with Crippen molar-refractivity contribution in [3.05, 3.63) is 0 Å². The molecule has 0 saturated carbocycles. The minimum atomic E-state index is -0.198. The molecule has 0 spiro atoms. The highest BCUT2D eigenvalue weighted by Gasteiger charge is 2.19. The Labute approximate surface area is 72.1 Å². The van der Waals surface area contributed by atoms with Gasteiger partial charge in [-0.1, -0.05) is 0 Å². The largest absolute Gasteiger partial charge is 0.394 e. The summed E-state index contributed by atoms with van der Waals surface area (Å²) in [5.41, 5.74) is 0. The number of ether oxygens (including phenoxy) is 1. The lowest BCUT2D eigenvalue weighted by molar-refractivity contribution is -0.129. The molecule has 0 aromatic rings. The summed E-state index contributed by atoms with van der Waals surface area (Å²) in [6.45, 7) is 3.43. The molecule has 0 radical (unpaired) electrons. The number of aliphatic hydroxyl groups excluding tert-OH is 1. The van der Waals surface area contributed by atoms with Crippen molar-refractivity contribution in [3.8, 4) is 0 Å². The van der Waals surface area contributed by atoms with E-state index in [0.29, 0.717) is 13.2 Å². The van der Waals surface area contributed by atoms with E-state index in [2.05, 4.69) is 0 Å². The van der Waals surface area contributed by atoms with Crippen molar-refractivity contribution in [3.63, 3.8) is 0 Å². The number of amides is 1. The lowest BCUT2D eigenvalue weighted by Gasteiger charge is -2.20. The van der Waals surface area contributed by atoms with Crippen LogP contribution in [0.25, 0.3) is 0 Å². The number of aliphatic hydroxyl groups is 1. The highest BCUT2D eigenvalue weighted by molar-refractivity contribution is 5.73. The van der Waals surface area contributed by atoms with Gasteiger partial charge in [-0.3, -0.25) is 4.79 Å². The molecule has 70 valence electrons. The molecule has 1 fully saturated rings. The average molecular weight is 173 g/mol. The quantitative estimate of drug-likeness (QED) is 0.588. The Bertz CT molecular complexity index is 160. The van der Waals surface area contributed by atoms with E-state index in [4.69, 9.17) is 9.84 Å². The smallest absolute Gasteiger partial charge is 0.219 e. The van der Waals surface area contributed by atoms with Crippen molar-refractivity contribution in [2.24, 2.45) is 0 Å². The van der Waals surface area contributed by atoms with E-state index in [9.17, 15) is 4.79 Å². The zero-order valence-corrected chi connectivity index (χ0v) is 7.32. The minimum Gasteiger partial charge on any atom is -0.394 e. The van der Waals surface area contributed by atoms with Crippen LogP contribution in [0.2, 0.25) is 0 Å². The van der Waals surface area contributed by atoms with E-state index in [0.717, 1.165) is 13.0 Å². The maximum Gasteiger partial charge on any atom is 0.219 e. The van der Waals surface area contributed by atoms with Crippen molar-refractivity contribution in [2.75, 3.05) is 26.3 Å². The molecule has 0 aromatic heterocycles. The topological polar surface area (TPSA) is 49.8 Å². The van der Waals surface area contributed by atoms with Gasteiger partial charge in [-0.2, -0.15) is 0 Å². The fourth-order valence-electron chi connectivity index (χ4n) is 1.29. The molecule has 1 saturated heterocycles. The Morgan fingerprint density at radius 2 is 2.50 bits per heavy atom. The second-order valence-corrected chi connectivity index (χ2v) is 2.99. The molecule has 1 amide bonds. The van der Waals surface area contributed by atoms with Gasteiger partial charge in [-0.05, 0) is 6.42 Å². The second kappa shape index (κ2) is 4.42. The van der Waals surface area contributed by atoms with Crippen LogP contribution in [0.15, 0.2) is 0 Å².